The van der Waals surface area contributed by atoms with Crippen LogP contribution in [0.15, 0.2) is 59.9 Å². The fraction of sp³-hybridized carbons (Fsp3) is 0.286. The second-order valence-electron chi connectivity index (χ2n) is 6.12. The summed E-state index contributed by atoms with van der Waals surface area (Å²) in [5.41, 5.74) is 3.19. The molecule has 0 atom stereocenters. The normalized spacial score (nSPS) is 11.3. The summed E-state index contributed by atoms with van der Waals surface area (Å²) < 4.78 is 5.69. The van der Waals surface area contributed by atoms with E-state index in [0.717, 1.165) is 40.8 Å². The fourth-order valence-electron chi connectivity index (χ4n) is 2.80. The molecule has 0 radical (unpaired) electrons. The van der Waals surface area contributed by atoms with Gasteiger partial charge in [-0.1, -0.05) is 36.4 Å². The summed E-state index contributed by atoms with van der Waals surface area (Å²) in [5, 5.41) is 13.5. The summed E-state index contributed by atoms with van der Waals surface area (Å²) in [5.74, 6) is 2.41. The number of nitrogens with one attached hydrogen (secondary N) is 3. The maximum atomic E-state index is 5.69. The molecule has 0 amide bonds. The lowest BCUT2D eigenvalue weighted by Gasteiger charge is -2.14. The van der Waals surface area contributed by atoms with Crippen molar-refractivity contribution in [1.29, 1.82) is 0 Å². The molecule has 0 aliphatic rings. The highest BCUT2D eigenvalue weighted by Gasteiger charge is 2.05. The SMILES string of the molecule is CCNC(=NCc1cccc(-c2ncn[nH]2)c1)NCc1ccccc1OCC. The number of hydrogen-bond donors (Lipinski definition) is 3. The van der Waals surface area contributed by atoms with Gasteiger partial charge in [0, 0.05) is 24.2 Å². The van der Waals surface area contributed by atoms with Crippen LogP contribution in [0, 0.1) is 0 Å². The lowest BCUT2D eigenvalue weighted by Crippen LogP contribution is -2.36. The molecule has 2 aromatic carbocycles. The van der Waals surface area contributed by atoms with E-state index in [1.807, 2.05) is 37.3 Å². The van der Waals surface area contributed by atoms with Gasteiger partial charge in [-0.2, -0.15) is 5.10 Å². The summed E-state index contributed by atoms with van der Waals surface area (Å²) >= 11 is 0. The van der Waals surface area contributed by atoms with Crippen LogP contribution in [0.1, 0.15) is 25.0 Å². The van der Waals surface area contributed by atoms with Crippen molar-refractivity contribution >= 4 is 5.96 Å². The predicted octanol–water partition coefficient (Wildman–Crippen LogP) is 3.13. The average molecular weight is 378 g/mol. The molecule has 1 heterocycles. The van der Waals surface area contributed by atoms with Crippen LogP contribution in [-0.4, -0.2) is 34.3 Å². The van der Waals surface area contributed by atoms with Crippen LogP contribution >= 0.6 is 0 Å². The molecule has 7 nitrogen and oxygen atoms in total. The minimum Gasteiger partial charge on any atom is -0.494 e. The smallest absolute Gasteiger partial charge is 0.191 e. The number of H-pyrrole nitrogens is 1. The minimum absolute atomic E-state index is 0.560. The number of aromatic nitrogens is 3. The van der Waals surface area contributed by atoms with Gasteiger partial charge in [-0.3, -0.25) is 5.10 Å². The van der Waals surface area contributed by atoms with Crippen molar-refractivity contribution in [2.24, 2.45) is 4.99 Å². The molecule has 1 aromatic heterocycles. The zero-order valence-corrected chi connectivity index (χ0v) is 16.3. The predicted molar refractivity (Wildman–Crippen MR) is 111 cm³/mol. The van der Waals surface area contributed by atoms with Gasteiger partial charge in [-0.25, -0.2) is 9.98 Å². The number of aromatic amines is 1. The van der Waals surface area contributed by atoms with E-state index in [4.69, 9.17) is 9.73 Å². The van der Waals surface area contributed by atoms with E-state index in [9.17, 15) is 0 Å². The van der Waals surface area contributed by atoms with E-state index in [1.54, 1.807) is 0 Å². The first kappa shape index (κ1) is 19.4. The third-order valence-corrected chi connectivity index (χ3v) is 4.10. The van der Waals surface area contributed by atoms with Crippen LogP contribution < -0.4 is 15.4 Å². The maximum absolute atomic E-state index is 5.69. The van der Waals surface area contributed by atoms with Crippen LogP contribution in [0.3, 0.4) is 0 Å². The minimum atomic E-state index is 0.560. The van der Waals surface area contributed by atoms with Gasteiger partial charge >= 0.3 is 0 Å². The number of hydrogen-bond acceptors (Lipinski definition) is 4. The quantitative estimate of drug-likeness (QED) is 0.414. The molecule has 3 aromatic rings. The van der Waals surface area contributed by atoms with Crippen molar-refractivity contribution in [2.45, 2.75) is 26.9 Å². The second-order valence-corrected chi connectivity index (χ2v) is 6.12. The summed E-state index contributed by atoms with van der Waals surface area (Å²) in [6, 6.07) is 16.2. The monoisotopic (exact) mass is 378 g/mol. The number of nitrogens with zero attached hydrogens (tertiary/aromatic N) is 3. The molecule has 0 bridgehead atoms. The highest BCUT2D eigenvalue weighted by molar-refractivity contribution is 5.79. The van der Waals surface area contributed by atoms with E-state index < -0.39 is 0 Å². The molecule has 3 N–H and O–H groups in total. The van der Waals surface area contributed by atoms with E-state index in [0.29, 0.717) is 19.7 Å². The Morgan fingerprint density at radius 2 is 2.00 bits per heavy atom. The zero-order chi connectivity index (χ0) is 19.6. The van der Waals surface area contributed by atoms with Crippen molar-refractivity contribution in [1.82, 2.24) is 25.8 Å². The van der Waals surface area contributed by atoms with Crippen molar-refractivity contribution in [3.63, 3.8) is 0 Å². The molecule has 0 aliphatic carbocycles. The highest BCUT2D eigenvalue weighted by atomic mass is 16.5. The molecule has 3 rings (SSSR count). The van der Waals surface area contributed by atoms with E-state index in [-0.39, 0.29) is 0 Å². The van der Waals surface area contributed by atoms with Crippen LogP contribution in [0.25, 0.3) is 11.4 Å². The first-order chi connectivity index (χ1) is 13.8. The summed E-state index contributed by atoms with van der Waals surface area (Å²) in [7, 11) is 0. The third kappa shape index (κ3) is 5.33. The van der Waals surface area contributed by atoms with E-state index in [2.05, 4.69) is 50.9 Å². The molecular weight excluding hydrogens is 352 g/mol. The molecule has 7 heteroatoms. The van der Waals surface area contributed by atoms with Crippen LogP contribution in [-0.2, 0) is 13.1 Å². The van der Waals surface area contributed by atoms with Crippen molar-refractivity contribution in [2.75, 3.05) is 13.2 Å². The molecule has 0 saturated carbocycles. The molecule has 28 heavy (non-hydrogen) atoms. The van der Waals surface area contributed by atoms with Crippen molar-refractivity contribution < 1.29 is 4.74 Å². The Hall–Kier alpha value is -3.35. The zero-order valence-electron chi connectivity index (χ0n) is 16.3. The summed E-state index contributed by atoms with van der Waals surface area (Å²) in [6.45, 7) is 6.67. The van der Waals surface area contributed by atoms with Gasteiger partial charge in [0.25, 0.3) is 0 Å². The van der Waals surface area contributed by atoms with Crippen LogP contribution in [0.5, 0.6) is 5.75 Å². The van der Waals surface area contributed by atoms with Gasteiger partial charge in [-0.05, 0) is 31.5 Å². The first-order valence-electron chi connectivity index (χ1n) is 9.47. The summed E-state index contributed by atoms with van der Waals surface area (Å²) in [6.07, 6.45) is 1.51. The molecular formula is C21H26N6O. The van der Waals surface area contributed by atoms with Gasteiger partial charge in [0.2, 0.25) is 0 Å². The molecule has 0 spiro atoms. The Labute approximate surface area is 165 Å². The van der Waals surface area contributed by atoms with Gasteiger partial charge in [0.05, 0.1) is 13.2 Å². The Morgan fingerprint density at radius 3 is 2.79 bits per heavy atom. The molecule has 0 fully saturated rings. The maximum Gasteiger partial charge on any atom is 0.191 e. The average Bonchev–Trinajstić information content (AvgIpc) is 3.26. The van der Waals surface area contributed by atoms with Crippen LogP contribution in [0.4, 0.5) is 0 Å². The fourth-order valence-corrected chi connectivity index (χ4v) is 2.80. The number of para-hydroxylation sites is 1. The van der Waals surface area contributed by atoms with Gasteiger partial charge < -0.3 is 15.4 Å². The Bertz CT molecular complexity index is 891. The van der Waals surface area contributed by atoms with Gasteiger partial charge in [-0.15, -0.1) is 0 Å². The topological polar surface area (TPSA) is 87.2 Å². The summed E-state index contributed by atoms with van der Waals surface area (Å²) in [4.78, 5) is 8.90. The number of aliphatic imine (C=N–C) groups is 1. The van der Waals surface area contributed by atoms with Gasteiger partial charge in [0.15, 0.2) is 11.8 Å². The van der Waals surface area contributed by atoms with Crippen molar-refractivity contribution in [3.05, 3.63) is 66.0 Å². The third-order valence-electron chi connectivity index (χ3n) is 4.10. The van der Waals surface area contributed by atoms with E-state index in [1.165, 1.54) is 6.33 Å². The van der Waals surface area contributed by atoms with E-state index >= 15 is 0 Å². The number of benzene rings is 2. The number of rotatable bonds is 8. The number of guanidine groups is 1. The molecule has 146 valence electrons. The lowest BCUT2D eigenvalue weighted by atomic mass is 10.1. The standard InChI is InChI=1S/C21H26N6O/c1-3-22-21(24-14-18-9-5-6-11-19(18)28-4-2)23-13-16-8-7-10-17(12-16)20-25-15-26-27-20/h5-12,15H,3-4,13-14H2,1-2H3,(H2,22,23,24)(H,25,26,27). The Balaban J connectivity index is 1.67. The van der Waals surface area contributed by atoms with Crippen LogP contribution in [0.2, 0.25) is 0 Å². The van der Waals surface area contributed by atoms with Gasteiger partial charge in [0.1, 0.15) is 12.1 Å². The Kier molecular flexibility index (Phi) is 7.01. The Morgan fingerprint density at radius 1 is 1.11 bits per heavy atom. The first-order valence-corrected chi connectivity index (χ1v) is 9.47. The molecule has 0 aliphatic heterocycles. The number of ether oxygens (including phenoxy) is 1. The van der Waals surface area contributed by atoms with Crippen molar-refractivity contribution in [3.8, 4) is 17.1 Å². The second kappa shape index (κ2) is 10.1. The highest BCUT2D eigenvalue weighted by Crippen LogP contribution is 2.18. The lowest BCUT2D eigenvalue weighted by molar-refractivity contribution is 0.336. The molecule has 0 unspecified atom stereocenters. The molecule has 0 saturated heterocycles. The largest absolute Gasteiger partial charge is 0.494 e.